The van der Waals surface area contributed by atoms with Gasteiger partial charge in [-0.2, -0.15) is 0 Å². The number of carbonyl (C=O) groups excluding carboxylic acids is 1. The van der Waals surface area contributed by atoms with Crippen LogP contribution in [0.25, 0.3) is 0 Å². The Hall–Kier alpha value is -0.960. The Morgan fingerprint density at radius 3 is 2.62 bits per heavy atom. The fourth-order valence-corrected chi connectivity index (χ4v) is 4.61. The average Bonchev–Trinajstić information content (AvgIpc) is 3.28. The van der Waals surface area contributed by atoms with Gasteiger partial charge in [-0.3, -0.25) is 9.79 Å². The highest BCUT2D eigenvalue weighted by molar-refractivity contribution is 14.0. The molecule has 0 aromatic heterocycles. The molecule has 1 N–H and O–H groups in total. The SMILES string of the molecule is CN=C(NCC1(Sc2ccccc2)CC1)N1CC(C)C(C(=O)OC)C1.I. The number of esters is 1. The molecule has 0 amide bonds. The van der Waals surface area contributed by atoms with Crippen LogP contribution in [0.2, 0.25) is 0 Å². The van der Waals surface area contributed by atoms with Crippen LogP contribution in [0.4, 0.5) is 0 Å². The number of aliphatic imine (C=N–C) groups is 1. The van der Waals surface area contributed by atoms with Crippen LogP contribution in [0.1, 0.15) is 19.8 Å². The molecule has 2 unspecified atom stereocenters. The van der Waals surface area contributed by atoms with E-state index in [0.717, 1.165) is 19.0 Å². The molecule has 1 aromatic carbocycles. The molecule has 0 bridgehead atoms. The minimum atomic E-state index is -0.122. The van der Waals surface area contributed by atoms with Gasteiger partial charge in [0, 0.05) is 36.3 Å². The molecule has 5 nitrogen and oxygen atoms in total. The Morgan fingerprint density at radius 1 is 1.35 bits per heavy atom. The summed E-state index contributed by atoms with van der Waals surface area (Å²) >= 11 is 1.95. The third-order valence-corrected chi connectivity index (χ3v) is 6.57. The zero-order valence-corrected chi connectivity index (χ0v) is 18.8. The fraction of sp³-hybridized carbons (Fsp3) is 0.579. The quantitative estimate of drug-likeness (QED) is 0.298. The number of hydrogen-bond donors (Lipinski definition) is 1. The van der Waals surface area contributed by atoms with E-state index in [4.69, 9.17) is 4.74 Å². The van der Waals surface area contributed by atoms with E-state index >= 15 is 0 Å². The van der Waals surface area contributed by atoms with Crippen molar-refractivity contribution in [1.82, 2.24) is 10.2 Å². The van der Waals surface area contributed by atoms with Gasteiger partial charge in [0.15, 0.2) is 5.96 Å². The van der Waals surface area contributed by atoms with E-state index in [-0.39, 0.29) is 46.5 Å². The molecule has 1 saturated heterocycles. The van der Waals surface area contributed by atoms with Gasteiger partial charge in [0.1, 0.15) is 0 Å². The number of nitrogens with zero attached hydrogens (tertiary/aromatic N) is 2. The number of thioether (sulfide) groups is 1. The molecule has 0 spiro atoms. The number of ether oxygens (including phenoxy) is 1. The number of halogens is 1. The number of likely N-dealkylation sites (tertiary alicyclic amines) is 1. The molecule has 144 valence electrons. The van der Waals surface area contributed by atoms with Gasteiger partial charge in [0.05, 0.1) is 13.0 Å². The third kappa shape index (κ3) is 5.06. The van der Waals surface area contributed by atoms with Crippen molar-refractivity contribution in [1.29, 1.82) is 0 Å². The summed E-state index contributed by atoms with van der Waals surface area (Å²) in [6, 6.07) is 10.6. The summed E-state index contributed by atoms with van der Waals surface area (Å²) in [5.41, 5.74) is 0. The molecule has 7 heteroatoms. The lowest BCUT2D eigenvalue weighted by Gasteiger charge is -2.24. The summed E-state index contributed by atoms with van der Waals surface area (Å²) < 4.78 is 5.20. The van der Waals surface area contributed by atoms with Crippen LogP contribution in [0.3, 0.4) is 0 Å². The zero-order valence-electron chi connectivity index (χ0n) is 15.6. The second-order valence-corrected chi connectivity index (χ2v) is 8.55. The number of benzene rings is 1. The molecule has 0 radical (unpaired) electrons. The van der Waals surface area contributed by atoms with Crippen molar-refractivity contribution < 1.29 is 9.53 Å². The highest BCUT2D eigenvalue weighted by Gasteiger charge is 2.44. The van der Waals surface area contributed by atoms with Crippen LogP contribution < -0.4 is 5.32 Å². The maximum Gasteiger partial charge on any atom is 0.310 e. The van der Waals surface area contributed by atoms with E-state index in [1.165, 1.54) is 24.8 Å². The molecule has 1 saturated carbocycles. The molecular formula is C19H28IN3O2S. The molecule has 2 fully saturated rings. The summed E-state index contributed by atoms with van der Waals surface area (Å²) in [6.45, 7) is 4.50. The topological polar surface area (TPSA) is 53.9 Å². The monoisotopic (exact) mass is 489 g/mol. The van der Waals surface area contributed by atoms with Crippen molar-refractivity contribution in [3.63, 3.8) is 0 Å². The van der Waals surface area contributed by atoms with Crippen LogP contribution >= 0.6 is 35.7 Å². The first kappa shape index (κ1) is 21.3. The second-order valence-electron chi connectivity index (χ2n) is 7.01. The van der Waals surface area contributed by atoms with E-state index in [2.05, 4.69) is 52.5 Å². The van der Waals surface area contributed by atoms with Crippen LogP contribution in [-0.4, -0.2) is 55.4 Å². The zero-order chi connectivity index (χ0) is 17.9. The molecule has 2 aliphatic rings. The Morgan fingerprint density at radius 2 is 2.04 bits per heavy atom. The first-order chi connectivity index (χ1) is 12.1. The Balaban J connectivity index is 0.00000243. The van der Waals surface area contributed by atoms with Gasteiger partial charge in [0.2, 0.25) is 0 Å². The van der Waals surface area contributed by atoms with Crippen LogP contribution in [-0.2, 0) is 9.53 Å². The maximum atomic E-state index is 11.9. The van der Waals surface area contributed by atoms with Gasteiger partial charge in [-0.05, 0) is 30.9 Å². The smallest absolute Gasteiger partial charge is 0.310 e. The summed E-state index contributed by atoms with van der Waals surface area (Å²) in [4.78, 5) is 19.8. The van der Waals surface area contributed by atoms with Gasteiger partial charge in [0.25, 0.3) is 0 Å². The number of hydrogen-bond acceptors (Lipinski definition) is 4. The molecule has 1 aliphatic carbocycles. The van der Waals surface area contributed by atoms with Crippen molar-refractivity contribution in [3.8, 4) is 0 Å². The Bertz CT molecular complexity index is 637. The molecule has 3 rings (SSSR count). The first-order valence-corrected chi connectivity index (χ1v) is 9.66. The van der Waals surface area contributed by atoms with Crippen molar-refractivity contribution in [3.05, 3.63) is 30.3 Å². The second kappa shape index (κ2) is 9.30. The average molecular weight is 489 g/mol. The lowest BCUT2D eigenvalue weighted by Crippen LogP contribution is -2.43. The number of carbonyl (C=O) groups is 1. The number of guanidine groups is 1. The first-order valence-electron chi connectivity index (χ1n) is 8.84. The van der Waals surface area contributed by atoms with Crippen LogP contribution in [0.15, 0.2) is 40.2 Å². The van der Waals surface area contributed by atoms with Crippen LogP contribution in [0, 0.1) is 11.8 Å². The van der Waals surface area contributed by atoms with Gasteiger partial charge in [-0.15, -0.1) is 35.7 Å². The Labute approximate surface area is 177 Å². The normalized spacial score (nSPS) is 24.0. The van der Waals surface area contributed by atoms with E-state index in [9.17, 15) is 4.79 Å². The minimum absolute atomic E-state index is 0. The fourth-order valence-electron chi connectivity index (χ4n) is 3.36. The molecule has 1 aliphatic heterocycles. The van der Waals surface area contributed by atoms with Gasteiger partial charge in [-0.25, -0.2) is 0 Å². The largest absolute Gasteiger partial charge is 0.469 e. The maximum absolute atomic E-state index is 11.9. The van der Waals surface area contributed by atoms with Crippen molar-refractivity contribution >= 4 is 47.7 Å². The Kier molecular flexibility index (Phi) is 7.63. The third-order valence-electron chi connectivity index (χ3n) is 5.08. The van der Waals surface area contributed by atoms with Gasteiger partial charge >= 0.3 is 5.97 Å². The van der Waals surface area contributed by atoms with E-state index in [1.807, 2.05) is 18.8 Å². The summed E-state index contributed by atoms with van der Waals surface area (Å²) in [6.07, 6.45) is 2.44. The molecule has 1 aromatic rings. The highest BCUT2D eigenvalue weighted by atomic mass is 127. The summed E-state index contributed by atoms with van der Waals surface area (Å²) in [5, 5.41) is 3.54. The van der Waals surface area contributed by atoms with Crippen LogP contribution in [0.5, 0.6) is 0 Å². The number of rotatable bonds is 5. The lowest BCUT2D eigenvalue weighted by molar-refractivity contribution is -0.145. The van der Waals surface area contributed by atoms with Crippen molar-refractivity contribution in [2.24, 2.45) is 16.8 Å². The van der Waals surface area contributed by atoms with Crippen molar-refractivity contribution in [2.75, 3.05) is 33.8 Å². The minimum Gasteiger partial charge on any atom is -0.469 e. The summed E-state index contributed by atoms with van der Waals surface area (Å²) in [7, 11) is 3.27. The van der Waals surface area contributed by atoms with Crippen molar-refractivity contribution in [2.45, 2.75) is 29.4 Å². The van der Waals surface area contributed by atoms with E-state index < -0.39 is 0 Å². The number of nitrogens with one attached hydrogen (secondary N) is 1. The summed E-state index contributed by atoms with van der Waals surface area (Å²) in [5.74, 6) is 0.971. The molecular weight excluding hydrogens is 461 g/mol. The van der Waals surface area contributed by atoms with Gasteiger partial charge in [-0.1, -0.05) is 25.1 Å². The predicted octanol–water partition coefficient (Wildman–Crippen LogP) is 3.25. The lowest BCUT2D eigenvalue weighted by atomic mass is 9.99. The standard InChI is InChI=1S/C19H27N3O2S.HI/c1-14-11-22(12-16(14)17(23)24-3)18(20-2)21-13-19(9-10-19)25-15-7-5-4-6-8-15;/h4-8,14,16H,9-13H2,1-3H3,(H,20,21);1H. The van der Waals surface area contributed by atoms with E-state index in [1.54, 1.807) is 0 Å². The predicted molar refractivity (Wildman–Crippen MR) is 117 cm³/mol. The van der Waals surface area contributed by atoms with E-state index in [0.29, 0.717) is 6.54 Å². The number of methoxy groups -OCH3 is 1. The molecule has 2 atom stereocenters. The van der Waals surface area contributed by atoms with Gasteiger partial charge < -0.3 is 15.0 Å². The molecule has 26 heavy (non-hydrogen) atoms. The highest BCUT2D eigenvalue weighted by Crippen LogP contribution is 2.51. The molecule has 1 heterocycles.